The molecular formula is C15H18ClFN2S2. The zero-order valence-electron chi connectivity index (χ0n) is 11.9. The predicted octanol–water partition coefficient (Wildman–Crippen LogP) is 4.90. The van der Waals surface area contributed by atoms with Crippen LogP contribution in [0, 0.1) is 11.7 Å². The monoisotopic (exact) mass is 344 g/mol. The van der Waals surface area contributed by atoms with Crippen LogP contribution in [0.5, 0.6) is 0 Å². The van der Waals surface area contributed by atoms with Crippen LogP contribution in [-0.4, -0.2) is 19.6 Å². The molecule has 6 heteroatoms. The molecule has 21 heavy (non-hydrogen) atoms. The number of hydrogen-bond donors (Lipinski definition) is 1. The van der Waals surface area contributed by atoms with Gasteiger partial charge in [0.1, 0.15) is 5.82 Å². The number of allylic oxidation sites excluding steroid dienone is 1. The van der Waals surface area contributed by atoms with Crippen LogP contribution in [0.3, 0.4) is 0 Å². The Balaban J connectivity index is 2.09. The Morgan fingerprint density at radius 1 is 1.48 bits per heavy atom. The summed E-state index contributed by atoms with van der Waals surface area (Å²) >= 11 is 9.10. The zero-order chi connectivity index (χ0) is 15.2. The van der Waals surface area contributed by atoms with Crippen molar-refractivity contribution < 1.29 is 4.39 Å². The molecule has 0 aliphatic heterocycles. The minimum absolute atomic E-state index is 0.257. The Bertz CT molecular complexity index is 544. The SMILES string of the molecule is C=N/C(=C(\SCNC)SCc1ccc(Cl)cc1F)C1CC1. The summed E-state index contributed by atoms with van der Waals surface area (Å²) < 4.78 is 15.0. The van der Waals surface area contributed by atoms with Gasteiger partial charge in [0.05, 0.1) is 9.93 Å². The van der Waals surface area contributed by atoms with E-state index in [2.05, 4.69) is 17.0 Å². The molecule has 1 aromatic rings. The van der Waals surface area contributed by atoms with Crippen LogP contribution >= 0.6 is 35.1 Å². The van der Waals surface area contributed by atoms with Crippen molar-refractivity contribution in [3.05, 3.63) is 44.5 Å². The molecule has 0 atom stereocenters. The van der Waals surface area contributed by atoms with Crippen molar-refractivity contribution in [1.29, 1.82) is 0 Å². The van der Waals surface area contributed by atoms with Gasteiger partial charge in [-0.1, -0.05) is 17.7 Å². The van der Waals surface area contributed by atoms with Crippen molar-refractivity contribution in [2.24, 2.45) is 10.9 Å². The molecule has 1 aromatic carbocycles. The normalized spacial score (nSPS) is 15.8. The maximum Gasteiger partial charge on any atom is 0.128 e. The lowest BCUT2D eigenvalue weighted by Gasteiger charge is -2.11. The van der Waals surface area contributed by atoms with E-state index >= 15 is 0 Å². The smallest absolute Gasteiger partial charge is 0.128 e. The first-order valence-corrected chi connectivity index (χ1v) is 9.05. The molecule has 0 spiro atoms. The van der Waals surface area contributed by atoms with E-state index in [0.717, 1.165) is 15.8 Å². The molecule has 1 aliphatic carbocycles. The molecule has 1 N–H and O–H groups in total. The van der Waals surface area contributed by atoms with Crippen molar-refractivity contribution in [2.75, 3.05) is 12.9 Å². The van der Waals surface area contributed by atoms with Crippen LogP contribution in [0.1, 0.15) is 18.4 Å². The highest BCUT2D eigenvalue weighted by atomic mass is 35.5. The summed E-state index contributed by atoms with van der Waals surface area (Å²) in [6, 6.07) is 4.82. The number of thioether (sulfide) groups is 2. The minimum atomic E-state index is -0.257. The highest BCUT2D eigenvalue weighted by Crippen LogP contribution is 2.45. The van der Waals surface area contributed by atoms with Gasteiger partial charge >= 0.3 is 0 Å². The highest BCUT2D eigenvalue weighted by Gasteiger charge is 2.28. The van der Waals surface area contributed by atoms with Crippen LogP contribution in [0.15, 0.2) is 33.1 Å². The number of rotatable bonds is 8. The lowest BCUT2D eigenvalue weighted by molar-refractivity contribution is 0.617. The second kappa shape index (κ2) is 8.22. The molecule has 0 aromatic heterocycles. The van der Waals surface area contributed by atoms with Crippen LogP contribution in [0.4, 0.5) is 4.39 Å². The van der Waals surface area contributed by atoms with E-state index in [9.17, 15) is 4.39 Å². The summed E-state index contributed by atoms with van der Waals surface area (Å²) in [6.45, 7) is 3.69. The molecule has 0 saturated heterocycles. The van der Waals surface area contributed by atoms with Crippen LogP contribution in [-0.2, 0) is 5.75 Å². The number of hydrogen-bond acceptors (Lipinski definition) is 4. The topological polar surface area (TPSA) is 24.4 Å². The van der Waals surface area contributed by atoms with E-state index in [1.165, 1.54) is 18.9 Å². The van der Waals surface area contributed by atoms with Crippen molar-refractivity contribution in [1.82, 2.24) is 5.32 Å². The predicted molar refractivity (Wildman–Crippen MR) is 93.5 cm³/mol. The molecule has 1 saturated carbocycles. The molecule has 0 amide bonds. The van der Waals surface area contributed by atoms with Crippen LogP contribution in [0.2, 0.25) is 5.02 Å². The summed E-state index contributed by atoms with van der Waals surface area (Å²) in [6.07, 6.45) is 2.35. The average molecular weight is 345 g/mol. The van der Waals surface area contributed by atoms with Gasteiger partial charge in [0.2, 0.25) is 0 Å². The van der Waals surface area contributed by atoms with Crippen LogP contribution in [0.25, 0.3) is 0 Å². The maximum atomic E-state index is 13.8. The molecule has 0 radical (unpaired) electrons. The highest BCUT2D eigenvalue weighted by molar-refractivity contribution is 8.21. The van der Waals surface area contributed by atoms with Gasteiger partial charge in [0, 0.05) is 22.6 Å². The Hall–Kier alpha value is -0.490. The number of halogens is 2. The number of benzene rings is 1. The fourth-order valence-corrected chi connectivity index (χ4v) is 4.23. The molecule has 2 nitrogen and oxygen atoms in total. The molecule has 1 fully saturated rings. The molecule has 0 heterocycles. The first-order valence-electron chi connectivity index (χ1n) is 6.70. The Morgan fingerprint density at radius 2 is 2.24 bits per heavy atom. The lowest BCUT2D eigenvalue weighted by atomic mass is 10.2. The molecular weight excluding hydrogens is 327 g/mol. The quantitative estimate of drug-likeness (QED) is 0.536. The number of nitrogens with zero attached hydrogens (tertiary/aromatic N) is 1. The molecule has 2 rings (SSSR count). The van der Waals surface area contributed by atoms with E-state index in [0.29, 0.717) is 22.3 Å². The summed E-state index contributed by atoms with van der Waals surface area (Å²) in [4.78, 5) is 4.20. The van der Waals surface area contributed by atoms with Crippen molar-refractivity contribution in [3.63, 3.8) is 0 Å². The van der Waals surface area contributed by atoms with E-state index in [4.69, 9.17) is 11.6 Å². The van der Waals surface area contributed by atoms with E-state index < -0.39 is 0 Å². The zero-order valence-corrected chi connectivity index (χ0v) is 14.3. The first-order chi connectivity index (χ1) is 10.2. The van der Waals surface area contributed by atoms with Gasteiger partial charge in [-0.2, -0.15) is 0 Å². The Kier molecular flexibility index (Phi) is 6.61. The molecule has 114 valence electrons. The molecule has 0 unspecified atom stereocenters. The van der Waals surface area contributed by atoms with Gasteiger partial charge in [0.25, 0.3) is 0 Å². The summed E-state index contributed by atoms with van der Waals surface area (Å²) in [5.41, 5.74) is 1.72. The Labute approximate surface area is 138 Å². The van der Waals surface area contributed by atoms with Gasteiger partial charge in [-0.15, -0.1) is 23.5 Å². The third kappa shape index (κ3) is 5.02. The minimum Gasteiger partial charge on any atom is -0.311 e. The molecule has 0 bridgehead atoms. The van der Waals surface area contributed by atoms with Gasteiger partial charge < -0.3 is 5.32 Å². The van der Waals surface area contributed by atoms with Gasteiger partial charge in [-0.25, -0.2) is 4.39 Å². The fraction of sp³-hybridized carbons (Fsp3) is 0.400. The van der Waals surface area contributed by atoms with Gasteiger partial charge in [-0.3, -0.25) is 4.99 Å². The number of aliphatic imine (C=N–C) groups is 1. The average Bonchev–Trinajstić information content (AvgIpc) is 3.28. The molecule has 1 aliphatic rings. The second-order valence-corrected chi connectivity index (χ2v) is 7.44. The summed E-state index contributed by atoms with van der Waals surface area (Å²) in [7, 11) is 1.91. The van der Waals surface area contributed by atoms with Crippen LogP contribution < -0.4 is 5.32 Å². The van der Waals surface area contributed by atoms with E-state index in [-0.39, 0.29) is 5.82 Å². The first kappa shape index (κ1) is 16.9. The van der Waals surface area contributed by atoms with Crippen molar-refractivity contribution in [2.45, 2.75) is 18.6 Å². The Morgan fingerprint density at radius 3 is 2.81 bits per heavy atom. The lowest BCUT2D eigenvalue weighted by Crippen LogP contribution is -2.04. The van der Waals surface area contributed by atoms with Crippen molar-refractivity contribution >= 4 is 41.8 Å². The third-order valence-corrected chi connectivity index (χ3v) is 5.84. The second-order valence-electron chi connectivity index (χ2n) is 4.77. The largest absolute Gasteiger partial charge is 0.311 e. The van der Waals surface area contributed by atoms with E-state index in [1.807, 2.05) is 7.05 Å². The standard InChI is InChI=1S/C15H18ClFN2S2/c1-18-9-21-15(14(19-2)10-3-4-10)20-8-11-5-6-12(16)7-13(11)17/h5-7,10,18H,2-4,8-9H2,1H3/b15-14-. The van der Waals surface area contributed by atoms with Gasteiger partial charge in [-0.05, 0) is 44.3 Å². The summed E-state index contributed by atoms with van der Waals surface area (Å²) in [5, 5.41) is 3.54. The van der Waals surface area contributed by atoms with Crippen molar-refractivity contribution in [3.8, 4) is 0 Å². The summed E-state index contributed by atoms with van der Waals surface area (Å²) in [5.74, 6) is 1.65. The van der Waals surface area contributed by atoms with E-state index in [1.54, 1.807) is 35.7 Å². The third-order valence-electron chi connectivity index (χ3n) is 3.07. The fourth-order valence-electron chi connectivity index (χ4n) is 1.83. The number of nitrogens with one attached hydrogen (secondary N) is 1. The van der Waals surface area contributed by atoms with Gasteiger partial charge in [0.15, 0.2) is 0 Å². The maximum absolute atomic E-state index is 13.8.